The zero-order valence-corrected chi connectivity index (χ0v) is 9.50. The van der Waals surface area contributed by atoms with Crippen LogP contribution in [0.25, 0.3) is 0 Å². The summed E-state index contributed by atoms with van der Waals surface area (Å²) in [6, 6.07) is 0.610. The zero-order valence-electron chi connectivity index (χ0n) is 9.50. The molecule has 2 fully saturated rings. The maximum Gasteiger partial charge on any atom is 0.222 e. The van der Waals surface area contributed by atoms with Crippen molar-refractivity contribution in [1.29, 1.82) is 0 Å². The number of piperidine rings is 1. The van der Waals surface area contributed by atoms with Crippen molar-refractivity contribution in [3.05, 3.63) is 0 Å². The third-order valence-corrected chi connectivity index (χ3v) is 3.58. The number of rotatable bonds is 3. The van der Waals surface area contributed by atoms with E-state index in [1.165, 1.54) is 32.1 Å². The highest BCUT2D eigenvalue weighted by atomic mass is 16.2. The summed E-state index contributed by atoms with van der Waals surface area (Å²) in [7, 11) is 0. The minimum Gasteiger partial charge on any atom is -0.343 e. The molecule has 2 aliphatic heterocycles. The maximum absolute atomic E-state index is 11.9. The van der Waals surface area contributed by atoms with Gasteiger partial charge in [-0.2, -0.15) is 0 Å². The van der Waals surface area contributed by atoms with Crippen LogP contribution < -0.4 is 5.32 Å². The lowest BCUT2D eigenvalue weighted by atomic mass is 10.1. The van der Waals surface area contributed by atoms with Crippen LogP contribution in [0.2, 0.25) is 0 Å². The SMILES string of the molecule is O=C(CC[C@@H]1CCCN1)N1CCCCC1. The standard InChI is InChI=1S/C12H22N2O/c15-12(14-9-2-1-3-10-14)7-6-11-5-4-8-13-11/h11,13H,1-10H2/t11-/m0/s1. The van der Waals surface area contributed by atoms with Gasteiger partial charge in [0.15, 0.2) is 0 Å². The largest absolute Gasteiger partial charge is 0.343 e. The molecular weight excluding hydrogens is 188 g/mol. The van der Waals surface area contributed by atoms with E-state index in [4.69, 9.17) is 0 Å². The van der Waals surface area contributed by atoms with E-state index in [-0.39, 0.29) is 0 Å². The average molecular weight is 210 g/mol. The van der Waals surface area contributed by atoms with Gasteiger partial charge in [-0.3, -0.25) is 4.79 Å². The third kappa shape index (κ3) is 3.20. The van der Waals surface area contributed by atoms with Crippen LogP contribution >= 0.6 is 0 Å². The van der Waals surface area contributed by atoms with Crippen molar-refractivity contribution in [3.8, 4) is 0 Å². The minimum absolute atomic E-state index is 0.378. The van der Waals surface area contributed by atoms with Crippen LogP contribution in [0.3, 0.4) is 0 Å². The Balaban J connectivity index is 1.66. The van der Waals surface area contributed by atoms with Crippen LogP contribution in [0.4, 0.5) is 0 Å². The Bertz CT molecular complexity index is 206. The van der Waals surface area contributed by atoms with Crippen LogP contribution in [0.15, 0.2) is 0 Å². The monoisotopic (exact) mass is 210 g/mol. The number of nitrogens with zero attached hydrogens (tertiary/aromatic N) is 1. The van der Waals surface area contributed by atoms with Gasteiger partial charge in [0.25, 0.3) is 0 Å². The Labute approximate surface area is 92.2 Å². The van der Waals surface area contributed by atoms with Crippen molar-refractivity contribution in [1.82, 2.24) is 10.2 Å². The van der Waals surface area contributed by atoms with Gasteiger partial charge in [0.2, 0.25) is 5.91 Å². The Hall–Kier alpha value is -0.570. The average Bonchev–Trinajstić information content (AvgIpc) is 2.80. The van der Waals surface area contributed by atoms with Gasteiger partial charge in [0, 0.05) is 25.6 Å². The molecule has 2 heterocycles. The van der Waals surface area contributed by atoms with Gasteiger partial charge < -0.3 is 10.2 Å². The van der Waals surface area contributed by atoms with E-state index in [1.54, 1.807) is 0 Å². The van der Waals surface area contributed by atoms with E-state index < -0.39 is 0 Å². The molecule has 0 aromatic heterocycles. The predicted octanol–water partition coefficient (Wildman–Crippen LogP) is 1.53. The van der Waals surface area contributed by atoms with Gasteiger partial charge in [0.05, 0.1) is 0 Å². The van der Waals surface area contributed by atoms with Gasteiger partial charge in [-0.05, 0) is 45.1 Å². The fourth-order valence-electron chi connectivity index (χ4n) is 2.60. The summed E-state index contributed by atoms with van der Waals surface area (Å²) in [6.07, 6.45) is 8.03. The molecule has 15 heavy (non-hydrogen) atoms. The Morgan fingerprint density at radius 2 is 2.00 bits per heavy atom. The van der Waals surface area contributed by atoms with Gasteiger partial charge in [-0.25, -0.2) is 0 Å². The molecule has 2 saturated heterocycles. The number of amides is 1. The number of carbonyl (C=O) groups is 1. The first-order valence-electron chi connectivity index (χ1n) is 6.37. The maximum atomic E-state index is 11.9. The van der Waals surface area contributed by atoms with E-state index >= 15 is 0 Å². The number of hydrogen-bond acceptors (Lipinski definition) is 2. The lowest BCUT2D eigenvalue weighted by molar-refractivity contribution is -0.132. The molecule has 3 heteroatoms. The normalized spacial score (nSPS) is 26.9. The van der Waals surface area contributed by atoms with Gasteiger partial charge in [-0.15, -0.1) is 0 Å². The molecule has 86 valence electrons. The molecule has 2 rings (SSSR count). The second kappa shape index (κ2) is 5.50. The van der Waals surface area contributed by atoms with Gasteiger partial charge in [-0.1, -0.05) is 0 Å². The summed E-state index contributed by atoms with van der Waals surface area (Å²) in [6.45, 7) is 3.14. The Morgan fingerprint density at radius 1 is 1.20 bits per heavy atom. The summed E-state index contributed by atoms with van der Waals surface area (Å²) in [5.74, 6) is 0.378. The minimum atomic E-state index is 0.378. The van der Waals surface area contributed by atoms with E-state index in [9.17, 15) is 4.79 Å². The van der Waals surface area contributed by atoms with Crippen LogP contribution in [0, 0.1) is 0 Å². The summed E-state index contributed by atoms with van der Waals surface area (Å²) in [5.41, 5.74) is 0. The van der Waals surface area contributed by atoms with Gasteiger partial charge >= 0.3 is 0 Å². The molecule has 0 radical (unpaired) electrons. The van der Waals surface area contributed by atoms with Crippen LogP contribution in [-0.2, 0) is 4.79 Å². The predicted molar refractivity (Wildman–Crippen MR) is 60.7 cm³/mol. The zero-order chi connectivity index (χ0) is 10.5. The molecule has 1 N–H and O–H groups in total. The first-order valence-corrected chi connectivity index (χ1v) is 6.37. The van der Waals surface area contributed by atoms with E-state index in [0.29, 0.717) is 11.9 Å². The highest BCUT2D eigenvalue weighted by molar-refractivity contribution is 5.76. The molecule has 1 atom stereocenters. The molecule has 0 aliphatic carbocycles. The van der Waals surface area contributed by atoms with Crippen molar-refractivity contribution in [2.24, 2.45) is 0 Å². The second-order valence-corrected chi connectivity index (χ2v) is 4.77. The lowest BCUT2D eigenvalue weighted by Gasteiger charge is -2.27. The summed E-state index contributed by atoms with van der Waals surface area (Å²) >= 11 is 0. The van der Waals surface area contributed by atoms with E-state index in [2.05, 4.69) is 10.2 Å². The number of hydrogen-bond donors (Lipinski definition) is 1. The van der Waals surface area contributed by atoms with Gasteiger partial charge in [0.1, 0.15) is 0 Å². The van der Waals surface area contributed by atoms with E-state index in [0.717, 1.165) is 32.5 Å². The highest BCUT2D eigenvalue weighted by Gasteiger charge is 2.19. The fourth-order valence-corrected chi connectivity index (χ4v) is 2.60. The molecule has 0 bridgehead atoms. The van der Waals surface area contributed by atoms with Crippen LogP contribution in [0.1, 0.15) is 44.9 Å². The van der Waals surface area contributed by atoms with Crippen LogP contribution in [0.5, 0.6) is 0 Å². The van der Waals surface area contributed by atoms with Crippen molar-refractivity contribution in [2.45, 2.75) is 51.0 Å². The molecular formula is C12H22N2O. The smallest absolute Gasteiger partial charge is 0.222 e. The highest BCUT2D eigenvalue weighted by Crippen LogP contribution is 2.14. The molecule has 3 nitrogen and oxygen atoms in total. The molecule has 0 aromatic carbocycles. The topological polar surface area (TPSA) is 32.3 Å². The third-order valence-electron chi connectivity index (χ3n) is 3.58. The summed E-state index contributed by atoms with van der Waals surface area (Å²) in [5, 5.41) is 3.44. The second-order valence-electron chi connectivity index (χ2n) is 4.77. The summed E-state index contributed by atoms with van der Waals surface area (Å²) in [4.78, 5) is 13.9. The molecule has 0 unspecified atom stereocenters. The number of nitrogens with one attached hydrogen (secondary N) is 1. The van der Waals surface area contributed by atoms with Crippen molar-refractivity contribution < 1.29 is 4.79 Å². The van der Waals surface area contributed by atoms with Crippen molar-refractivity contribution in [3.63, 3.8) is 0 Å². The first-order chi connectivity index (χ1) is 7.36. The van der Waals surface area contributed by atoms with E-state index in [1.807, 2.05) is 0 Å². The summed E-state index contributed by atoms with van der Waals surface area (Å²) < 4.78 is 0. The fraction of sp³-hybridized carbons (Fsp3) is 0.917. The quantitative estimate of drug-likeness (QED) is 0.766. The molecule has 2 aliphatic rings. The lowest BCUT2D eigenvalue weighted by Crippen LogP contribution is -2.36. The molecule has 1 amide bonds. The first kappa shape index (κ1) is 10.9. The number of likely N-dealkylation sites (tertiary alicyclic amines) is 1. The van der Waals surface area contributed by atoms with Crippen molar-refractivity contribution >= 4 is 5.91 Å². The molecule has 0 saturated carbocycles. The number of carbonyl (C=O) groups excluding carboxylic acids is 1. The molecule has 0 aromatic rings. The molecule has 0 spiro atoms. The Morgan fingerprint density at radius 3 is 2.67 bits per heavy atom. The Kier molecular flexibility index (Phi) is 4.01. The van der Waals surface area contributed by atoms with Crippen LogP contribution in [-0.4, -0.2) is 36.5 Å². The van der Waals surface area contributed by atoms with Crippen molar-refractivity contribution in [2.75, 3.05) is 19.6 Å².